The Morgan fingerprint density at radius 1 is 1.04 bits per heavy atom. The van der Waals surface area contributed by atoms with E-state index in [0.717, 1.165) is 19.6 Å². The number of rotatable bonds is 7. The van der Waals surface area contributed by atoms with Crippen LogP contribution < -0.4 is 14.8 Å². The first kappa shape index (κ1) is 20.5. The van der Waals surface area contributed by atoms with Gasteiger partial charge in [-0.05, 0) is 25.9 Å². The smallest absolute Gasteiger partial charge is 0.387 e. The van der Waals surface area contributed by atoms with E-state index in [4.69, 9.17) is 4.74 Å². The van der Waals surface area contributed by atoms with Crippen LogP contribution in [-0.2, 0) is 0 Å². The molecule has 0 radical (unpaired) electrons. The summed E-state index contributed by atoms with van der Waals surface area (Å²) in [6.45, 7) is 4.78. The van der Waals surface area contributed by atoms with Crippen LogP contribution in [-0.4, -0.2) is 44.8 Å². The summed E-state index contributed by atoms with van der Waals surface area (Å²) < 4.78 is 34.8. The number of nitrogens with zero attached hydrogens (tertiary/aromatic N) is 1. The van der Waals surface area contributed by atoms with Crippen molar-refractivity contribution in [1.82, 2.24) is 4.90 Å². The lowest BCUT2D eigenvalue weighted by Crippen LogP contribution is -2.29. The van der Waals surface area contributed by atoms with E-state index >= 15 is 0 Å². The van der Waals surface area contributed by atoms with E-state index in [2.05, 4.69) is 15.0 Å². The highest BCUT2D eigenvalue weighted by Gasteiger charge is 2.10. The zero-order valence-electron chi connectivity index (χ0n) is 15.0. The number of anilines is 1. The molecule has 0 aromatic heterocycles. The highest BCUT2D eigenvalue weighted by atomic mass is 19.3. The molecule has 1 saturated heterocycles. The monoisotopic (exact) mass is 344 g/mol. The van der Waals surface area contributed by atoms with Gasteiger partial charge in [-0.1, -0.05) is 26.7 Å². The Morgan fingerprint density at radius 3 is 2.25 bits per heavy atom. The van der Waals surface area contributed by atoms with E-state index in [-0.39, 0.29) is 5.75 Å². The van der Waals surface area contributed by atoms with Gasteiger partial charge in [0.25, 0.3) is 0 Å². The fraction of sp³-hybridized carbons (Fsp3) is 0.667. The van der Waals surface area contributed by atoms with E-state index in [1.165, 1.54) is 37.8 Å². The van der Waals surface area contributed by atoms with Gasteiger partial charge in [0, 0.05) is 37.5 Å². The van der Waals surface area contributed by atoms with Crippen LogP contribution in [0.3, 0.4) is 0 Å². The fourth-order valence-electron chi connectivity index (χ4n) is 2.62. The number of ether oxygens (including phenoxy) is 2. The summed E-state index contributed by atoms with van der Waals surface area (Å²) >= 11 is 0. The average Bonchev–Trinajstić information content (AvgIpc) is 2.85. The van der Waals surface area contributed by atoms with Gasteiger partial charge in [0.05, 0.1) is 0 Å². The number of hydrogen-bond acceptors (Lipinski definition) is 4. The Labute approximate surface area is 144 Å². The number of hydrogen-bond donors (Lipinski definition) is 1. The molecule has 0 bridgehead atoms. The molecule has 138 valence electrons. The van der Waals surface area contributed by atoms with E-state index in [0.29, 0.717) is 18.0 Å². The SMILES string of the molecule is CC.CNc1cc(OCCN2CCCCCC2)cc(OC(F)F)c1. The first-order chi connectivity index (χ1) is 11.7. The summed E-state index contributed by atoms with van der Waals surface area (Å²) in [5.74, 6) is 0.643. The lowest BCUT2D eigenvalue weighted by molar-refractivity contribution is -0.0499. The average molecular weight is 344 g/mol. The molecule has 1 aromatic rings. The molecular weight excluding hydrogens is 314 g/mol. The Hall–Kier alpha value is -1.56. The molecule has 0 saturated carbocycles. The molecule has 1 aliphatic rings. The summed E-state index contributed by atoms with van der Waals surface area (Å²) in [5, 5.41) is 2.91. The first-order valence-electron chi connectivity index (χ1n) is 8.80. The number of halogens is 2. The minimum absolute atomic E-state index is 0.103. The first-order valence-corrected chi connectivity index (χ1v) is 8.80. The van der Waals surface area contributed by atoms with Crippen LogP contribution in [0.25, 0.3) is 0 Å². The Kier molecular flexibility index (Phi) is 10.2. The molecule has 1 N–H and O–H groups in total. The Bertz CT molecular complexity index is 451. The molecule has 0 amide bonds. The highest BCUT2D eigenvalue weighted by Crippen LogP contribution is 2.27. The van der Waals surface area contributed by atoms with Crippen molar-refractivity contribution in [2.24, 2.45) is 0 Å². The normalized spacial score (nSPS) is 15.2. The van der Waals surface area contributed by atoms with Gasteiger partial charge in [-0.2, -0.15) is 8.78 Å². The van der Waals surface area contributed by atoms with Gasteiger partial charge < -0.3 is 14.8 Å². The van der Waals surface area contributed by atoms with Gasteiger partial charge in [-0.3, -0.25) is 4.90 Å². The van der Waals surface area contributed by atoms with E-state index in [1.54, 1.807) is 13.1 Å². The van der Waals surface area contributed by atoms with Gasteiger partial charge in [-0.25, -0.2) is 0 Å². The predicted octanol–water partition coefficient (Wildman–Crippen LogP) is 4.61. The molecule has 0 unspecified atom stereocenters. The summed E-state index contributed by atoms with van der Waals surface area (Å²) in [4.78, 5) is 2.39. The number of benzene rings is 1. The number of alkyl halides is 2. The quantitative estimate of drug-likeness (QED) is 0.783. The van der Waals surface area contributed by atoms with E-state index < -0.39 is 6.61 Å². The third-order valence-electron chi connectivity index (χ3n) is 3.77. The van der Waals surface area contributed by atoms with Crippen LogP contribution in [0.5, 0.6) is 11.5 Å². The molecule has 0 spiro atoms. The minimum Gasteiger partial charge on any atom is -0.492 e. The molecule has 2 rings (SSSR count). The third-order valence-corrected chi connectivity index (χ3v) is 3.77. The fourth-order valence-corrected chi connectivity index (χ4v) is 2.62. The maximum Gasteiger partial charge on any atom is 0.387 e. The lowest BCUT2D eigenvalue weighted by atomic mass is 10.2. The second kappa shape index (κ2) is 11.9. The molecule has 1 aromatic carbocycles. The largest absolute Gasteiger partial charge is 0.492 e. The summed E-state index contributed by atoms with van der Waals surface area (Å²) in [6.07, 6.45) is 5.08. The Morgan fingerprint density at radius 2 is 1.67 bits per heavy atom. The molecular formula is C18H30F2N2O2. The van der Waals surface area contributed by atoms with E-state index in [9.17, 15) is 8.78 Å². The predicted molar refractivity (Wildman–Crippen MR) is 94.4 cm³/mol. The molecule has 6 heteroatoms. The molecule has 1 heterocycles. The van der Waals surface area contributed by atoms with Crippen molar-refractivity contribution in [3.8, 4) is 11.5 Å². The van der Waals surface area contributed by atoms with Crippen LogP contribution in [0.4, 0.5) is 14.5 Å². The van der Waals surface area contributed by atoms with Gasteiger partial charge in [0.1, 0.15) is 18.1 Å². The minimum atomic E-state index is -2.84. The van der Waals surface area contributed by atoms with Crippen molar-refractivity contribution < 1.29 is 18.3 Å². The van der Waals surface area contributed by atoms with Crippen molar-refractivity contribution in [1.29, 1.82) is 0 Å². The highest BCUT2D eigenvalue weighted by molar-refractivity contribution is 5.53. The number of nitrogens with one attached hydrogen (secondary N) is 1. The maximum absolute atomic E-state index is 12.3. The lowest BCUT2D eigenvalue weighted by Gasteiger charge is -2.20. The topological polar surface area (TPSA) is 33.7 Å². The van der Waals surface area contributed by atoms with E-state index in [1.807, 2.05) is 13.8 Å². The molecule has 1 aliphatic heterocycles. The van der Waals surface area contributed by atoms with Crippen molar-refractivity contribution in [2.45, 2.75) is 46.1 Å². The van der Waals surface area contributed by atoms with Gasteiger partial charge in [-0.15, -0.1) is 0 Å². The summed E-state index contributed by atoms with van der Waals surface area (Å²) in [6, 6.07) is 4.80. The van der Waals surface area contributed by atoms with Gasteiger partial charge in [0.2, 0.25) is 0 Å². The standard InChI is InChI=1S/C16H24F2N2O2.C2H6/c1-19-13-10-14(12-15(11-13)22-16(17)18)21-9-8-20-6-4-2-3-5-7-20;1-2/h10-12,16,19H,2-9H2,1H3;1-2H3. The van der Waals surface area contributed by atoms with Crippen molar-refractivity contribution in [2.75, 3.05) is 38.6 Å². The second-order valence-electron chi connectivity index (χ2n) is 5.43. The zero-order chi connectivity index (χ0) is 17.8. The van der Waals surface area contributed by atoms with Crippen LogP contribution in [0, 0.1) is 0 Å². The summed E-state index contributed by atoms with van der Waals surface area (Å²) in [7, 11) is 1.72. The third kappa shape index (κ3) is 7.81. The zero-order valence-corrected chi connectivity index (χ0v) is 15.0. The molecule has 0 atom stereocenters. The van der Waals surface area contributed by atoms with Crippen LogP contribution >= 0.6 is 0 Å². The molecule has 4 nitrogen and oxygen atoms in total. The van der Waals surface area contributed by atoms with Crippen molar-refractivity contribution in [3.63, 3.8) is 0 Å². The van der Waals surface area contributed by atoms with Crippen molar-refractivity contribution in [3.05, 3.63) is 18.2 Å². The second-order valence-corrected chi connectivity index (χ2v) is 5.43. The number of likely N-dealkylation sites (tertiary alicyclic amines) is 1. The van der Waals surface area contributed by atoms with Crippen LogP contribution in [0.2, 0.25) is 0 Å². The molecule has 1 fully saturated rings. The van der Waals surface area contributed by atoms with Gasteiger partial charge in [0.15, 0.2) is 0 Å². The van der Waals surface area contributed by atoms with Crippen LogP contribution in [0.1, 0.15) is 39.5 Å². The van der Waals surface area contributed by atoms with Gasteiger partial charge >= 0.3 is 6.61 Å². The van der Waals surface area contributed by atoms with Crippen molar-refractivity contribution >= 4 is 5.69 Å². The summed E-state index contributed by atoms with van der Waals surface area (Å²) in [5.41, 5.74) is 0.683. The van der Waals surface area contributed by atoms with Crippen LogP contribution in [0.15, 0.2) is 18.2 Å². The maximum atomic E-state index is 12.3. The molecule has 24 heavy (non-hydrogen) atoms. The Balaban J connectivity index is 0.00000139. The molecule has 0 aliphatic carbocycles.